The Kier molecular flexibility index (Phi) is 80.0. The van der Waals surface area contributed by atoms with E-state index in [4.69, 9.17) is 10.2 Å². The molecule has 0 bridgehead atoms. The van der Waals surface area contributed by atoms with Crippen LogP contribution in [0.5, 0.6) is 0 Å². The van der Waals surface area contributed by atoms with Gasteiger partial charge in [-0.3, -0.25) is 9.80 Å². The van der Waals surface area contributed by atoms with Crippen molar-refractivity contribution in [3.05, 3.63) is 35.4 Å². The van der Waals surface area contributed by atoms with Crippen LogP contribution in [0.25, 0.3) is 0 Å². The summed E-state index contributed by atoms with van der Waals surface area (Å²) in [5.41, 5.74) is 2.75. The van der Waals surface area contributed by atoms with Gasteiger partial charge in [0.2, 0.25) is 0 Å². The van der Waals surface area contributed by atoms with Crippen LogP contribution >= 0.6 is 102 Å². The van der Waals surface area contributed by atoms with E-state index in [9.17, 15) is 0 Å². The maximum Gasteiger partial charge on any atom is 0.0555 e. The Hall–Kier alpha value is 1.66. The van der Waals surface area contributed by atoms with Gasteiger partial charge in [0.15, 0.2) is 0 Å². The van der Waals surface area contributed by atoms with Crippen LogP contribution in [0, 0.1) is 0 Å². The first-order chi connectivity index (χ1) is 17.7. The van der Waals surface area contributed by atoms with E-state index < -0.39 is 0 Å². The zero-order valence-corrected chi connectivity index (χ0v) is 37.5. The highest BCUT2D eigenvalue weighted by molar-refractivity contribution is 8.93. The molecule has 0 saturated carbocycles. The molecule has 0 spiro atoms. The van der Waals surface area contributed by atoms with Crippen LogP contribution in [0.15, 0.2) is 24.3 Å². The minimum atomic E-state index is 0. The molecule has 17 heteroatoms. The predicted octanol–water partition coefficient (Wildman–Crippen LogP) is 2.23. The Morgan fingerprint density at radius 3 is 0.978 bits per heavy atom. The average Bonchev–Trinajstić information content (AvgIpc) is 2.89. The van der Waals surface area contributed by atoms with E-state index in [1.165, 1.54) is 11.1 Å². The van der Waals surface area contributed by atoms with Gasteiger partial charge < -0.3 is 47.9 Å². The molecule has 11 nitrogen and oxygen atoms in total. The lowest BCUT2D eigenvalue weighted by atomic mass is 10.1. The molecule has 0 aromatic heterocycles. The van der Waals surface area contributed by atoms with Gasteiger partial charge in [-0.25, -0.2) is 0 Å². The molecule has 1 aromatic rings. The molecule has 45 heavy (non-hydrogen) atoms. The summed E-state index contributed by atoms with van der Waals surface area (Å²) < 4.78 is 0. The normalized spacial score (nSPS) is 9.38. The van der Waals surface area contributed by atoms with Gasteiger partial charge in [0.1, 0.15) is 0 Å². The Balaban J connectivity index is -0.000000206. The van der Waals surface area contributed by atoms with Crippen LogP contribution < -0.4 is 21.3 Å². The molecule has 0 aliphatic heterocycles. The Morgan fingerprint density at radius 1 is 0.467 bits per heavy atom. The molecule has 12 N–H and O–H groups in total. The quantitative estimate of drug-likeness (QED) is 0.0763. The van der Waals surface area contributed by atoms with Gasteiger partial charge in [-0.05, 0) is 102 Å². The van der Waals surface area contributed by atoms with Gasteiger partial charge in [0, 0.05) is 26.2 Å². The van der Waals surface area contributed by atoms with E-state index in [1.807, 2.05) is 0 Å². The number of benzene rings is 1. The van der Waals surface area contributed by atoms with E-state index in [0.29, 0.717) is 13.1 Å². The lowest BCUT2D eigenvalue weighted by Crippen LogP contribution is -2.31. The Morgan fingerprint density at radius 2 is 0.733 bits per heavy atom. The molecule has 0 radical (unpaired) electrons. The van der Waals surface area contributed by atoms with Crippen LogP contribution in [-0.4, -0.2) is 128 Å². The molecule has 282 valence electrons. The monoisotopic (exact) mass is 1040 g/mol. The van der Waals surface area contributed by atoms with Crippen molar-refractivity contribution in [2.24, 2.45) is 0 Å². The van der Waals surface area contributed by atoms with Crippen molar-refractivity contribution >= 4 is 102 Å². The third-order valence-electron chi connectivity index (χ3n) is 6.22. The third kappa shape index (κ3) is 41.7. The Bertz CT molecular complexity index is 575. The highest BCUT2D eigenvalue weighted by atomic mass is 79.9. The van der Waals surface area contributed by atoms with Gasteiger partial charge in [-0.1, -0.05) is 38.1 Å². The largest absolute Gasteiger partial charge is 0.412 e. The smallest absolute Gasteiger partial charge is 0.0555 e. The van der Waals surface area contributed by atoms with Gasteiger partial charge in [0.05, 0.1) is 13.2 Å². The first-order valence-corrected chi connectivity index (χ1v) is 14.3. The molecule has 0 aliphatic rings. The van der Waals surface area contributed by atoms with Crippen molar-refractivity contribution in [1.82, 2.24) is 31.1 Å². The summed E-state index contributed by atoms with van der Waals surface area (Å²) in [4.78, 5) is 5.11. The number of nitrogens with one attached hydrogen (secondary N) is 4. The van der Waals surface area contributed by atoms with Gasteiger partial charge >= 0.3 is 0 Å². The second-order valence-corrected chi connectivity index (χ2v) is 9.44. The number of aliphatic hydroxyl groups excluding tert-OH is 2. The summed E-state index contributed by atoms with van der Waals surface area (Å²) in [6.45, 7) is 18.4. The number of hydrogen-bond donors (Lipinski definition) is 6. The van der Waals surface area contributed by atoms with Gasteiger partial charge in [-0.15, -0.1) is 102 Å². The maximum atomic E-state index is 8.95. The second kappa shape index (κ2) is 52.5. The predicted molar refractivity (Wildman–Crippen MR) is 225 cm³/mol. The van der Waals surface area contributed by atoms with Crippen LogP contribution in [0.3, 0.4) is 0 Å². The summed E-state index contributed by atoms with van der Waals surface area (Å²) in [6.07, 6.45) is 4.50. The summed E-state index contributed by atoms with van der Waals surface area (Å²) >= 11 is 0. The van der Waals surface area contributed by atoms with E-state index in [0.717, 1.165) is 104 Å². The molecular formula is C28H68Br6N6O5. The molecule has 0 amide bonds. The highest BCUT2D eigenvalue weighted by Gasteiger charge is 2.09. The van der Waals surface area contributed by atoms with E-state index in [1.54, 1.807) is 0 Å². The number of nitrogens with zero attached hydrogens (tertiary/aromatic N) is 2. The van der Waals surface area contributed by atoms with Crippen molar-refractivity contribution in [2.75, 3.05) is 91.8 Å². The van der Waals surface area contributed by atoms with E-state index in [-0.39, 0.29) is 132 Å². The molecule has 0 saturated heterocycles. The second-order valence-electron chi connectivity index (χ2n) is 9.44. The standard InChI is InChI=1S/C28H56N6O2.6BrH.3H2O/c1-3-29-13-5-19-33(21-7-15-31-17-23-35)25-27-9-11-28(12-10-27)26-34(20-6-14-30-4-2)22-8-16-32-18-24-36;;;;;;;;;/h9-12,29-32,35-36H,3-8,13-26H2,1-2H3;6*1H;3*1H2. The molecule has 0 aliphatic carbocycles. The first-order valence-electron chi connectivity index (χ1n) is 14.3. The van der Waals surface area contributed by atoms with Crippen LogP contribution in [-0.2, 0) is 13.1 Å². The average molecular weight is 1050 g/mol. The summed E-state index contributed by atoms with van der Waals surface area (Å²) in [7, 11) is 0. The lowest BCUT2D eigenvalue weighted by molar-refractivity contribution is 0.251. The van der Waals surface area contributed by atoms with Gasteiger partial charge in [0.25, 0.3) is 0 Å². The van der Waals surface area contributed by atoms with Crippen molar-refractivity contribution in [1.29, 1.82) is 0 Å². The van der Waals surface area contributed by atoms with Crippen molar-refractivity contribution in [2.45, 2.75) is 52.6 Å². The molecule has 1 aromatic carbocycles. The van der Waals surface area contributed by atoms with Gasteiger partial charge in [-0.2, -0.15) is 0 Å². The molecule has 0 fully saturated rings. The van der Waals surface area contributed by atoms with Crippen LogP contribution in [0.1, 0.15) is 50.7 Å². The topological polar surface area (TPSA) is 190 Å². The SMILES string of the molecule is Br.Br.Br.Br.Br.Br.CCNCCCN(CCCNCCO)Cc1ccc(CN(CCCNCC)CCCNCCO)cc1.O.O.O. The number of rotatable bonds is 26. The number of halogens is 6. The van der Waals surface area contributed by atoms with Crippen LogP contribution in [0.4, 0.5) is 0 Å². The molecule has 1 rings (SSSR count). The Labute approximate surface area is 336 Å². The van der Waals surface area contributed by atoms with E-state index in [2.05, 4.69) is 69.2 Å². The van der Waals surface area contributed by atoms with Crippen molar-refractivity contribution < 1.29 is 26.6 Å². The fourth-order valence-electron chi connectivity index (χ4n) is 4.28. The minimum absolute atomic E-state index is 0. The summed E-state index contributed by atoms with van der Waals surface area (Å²) in [5, 5.41) is 31.4. The maximum absolute atomic E-state index is 8.95. The third-order valence-corrected chi connectivity index (χ3v) is 6.22. The molecule has 0 unspecified atom stereocenters. The zero-order valence-electron chi connectivity index (χ0n) is 27.2. The lowest BCUT2D eigenvalue weighted by Gasteiger charge is -2.24. The zero-order chi connectivity index (χ0) is 26.1. The molecular weight excluding hydrogens is 980 g/mol. The minimum Gasteiger partial charge on any atom is -0.412 e. The fraction of sp³-hybridized carbons (Fsp3) is 0.786. The fourth-order valence-corrected chi connectivity index (χ4v) is 4.28. The number of hydrogen-bond acceptors (Lipinski definition) is 8. The number of aliphatic hydroxyl groups is 2. The van der Waals surface area contributed by atoms with Crippen molar-refractivity contribution in [3.8, 4) is 0 Å². The highest BCUT2D eigenvalue weighted by Crippen LogP contribution is 2.11. The van der Waals surface area contributed by atoms with E-state index >= 15 is 0 Å². The molecule has 0 atom stereocenters. The van der Waals surface area contributed by atoms with Crippen LogP contribution in [0.2, 0.25) is 0 Å². The summed E-state index contributed by atoms with van der Waals surface area (Å²) in [6, 6.07) is 9.21. The van der Waals surface area contributed by atoms with Crippen molar-refractivity contribution in [3.63, 3.8) is 0 Å². The molecule has 0 heterocycles. The summed E-state index contributed by atoms with van der Waals surface area (Å²) in [5.74, 6) is 0. The first kappa shape index (κ1) is 68.6.